The number of anilines is 4. The zero-order valence-electron chi connectivity index (χ0n) is 41.6. The summed E-state index contributed by atoms with van der Waals surface area (Å²) in [6.45, 7) is 16.9. The fourth-order valence-electron chi connectivity index (χ4n) is 9.43. The Bertz CT molecular complexity index is 2840. The van der Waals surface area contributed by atoms with Crippen LogP contribution in [-0.2, 0) is 20.8 Å². The summed E-state index contributed by atoms with van der Waals surface area (Å²) in [5, 5.41) is 72.9. The Morgan fingerprint density at radius 2 is 1.17 bits per heavy atom. The third-order valence-electron chi connectivity index (χ3n) is 13.6. The zero-order chi connectivity index (χ0) is 50.5. The van der Waals surface area contributed by atoms with Crippen molar-refractivity contribution in [2.75, 3.05) is 48.6 Å². The SMILES string of the molecule is COC(C)CNc1nc(C)c(-c2nc3c(C)nccc3s2)c(NC2(O)CCC(C(C)(C)O)C2OCc2nccc3sc(-c4c(C)nc(NCC(C)OC)nc4NC4(O)CCC(C(C)(C)O)C4O)nc23)n1. The molecule has 20 nitrogen and oxygen atoms in total. The molecule has 2 fully saturated rings. The normalized spacial score (nSPS) is 23.8. The number of thiazole rings is 2. The van der Waals surface area contributed by atoms with Gasteiger partial charge >= 0.3 is 0 Å². The molecule has 6 aromatic heterocycles. The third kappa shape index (κ3) is 10.5. The first-order valence-electron chi connectivity index (χ1n) is 23.5. The molecule has 70 heavy (non-hydrogen) atoms. The predicted octanol–water partition coefficient (Wildman–Crippen LogP) is 5.94. The first kappa shape index (κ1) is 51.5. The third-order valence-corrected chi connectivity index (χ3v) is 15.7. The van der Waals surface area contributed by atoms with Gasteiger partial charge in [0.05, 0.1) is 73.3 Å². The molecule has 9 N–H and O–H groups in total. The summed E-state index contributed by atoms with van der Waals surface area (Å²) in [4.78, 5) is 38.5. The topological polar surface area (TPSA) is 280 Å². The molecule has 0 saturated heterocycles. The summed E-state index contributed by atoms with van der Waals surface area (Å²) in [7, 11) is 3.25. The number of aromatic nitrogens is 8. The number of rotatable bonds is 19. The van der Waals surface area contributed by atoms with Gasteiger partial charge in [-0.15, -0.1) is 22.7 Å². The lowest BCUT2D eigenvalue weighted by atomic mass is 9.87. The smallest absolute Gasteiger partial charge is 0.224 e. The maximum atomic E-state index is 12.9. The van der Waals surface area contributed by atoms with Crippen LogP contribution in [0.4, 0.5) is 23.5 Å². The maximum Gasteiger partial charge on any atom is 0.224 e. The van der Waals surface area contributed by atoms with Crippen LogP contribution >= 0.6 is 22.7 Å². The van der Waals surface area contributed by atoms with E-state index >= 15 is 0 Å². The number of ether oxygens (including phenoxy) is 3. The van der Waals surface area contributed by atoms with Gasteiger partial charge in [-0.2, -0.15) is 9.97 Å². The molecule has 0 aliphatic heterocycles. The number of hydrogen-bond acceptors (Lipinski definition) is 22. The van der Waals surface area contributed by atoms with Gasteiger partial charge < -0.3 is 61.0 Å². The maximum absolute atomic E-state index is 12.9. The number of nitrogens with zero attached hydrogens (tertiary/aromatic N) is 8. The number of fused-ring (bicyclic) bond motifs is 2. The van der Waals surface area contributed by atoms with Crippen molar-refractivity contribution in [1.82, 2.24) is 39.9 Å². The highest BCUT2D eigenvalue weighted by molar-refractivity contribution is 7.22. The number of nitrogens with one attached hydrogen (secondary N) is 4. The van der Waals surface area contributed by atoms with Gasteiger partial charge in [0.15, 0.2) is 11.4 Å². The van der Waals surface area contributed by atoms with Gasteiger partial charge in [-0.1, -0.05) is 0 Å². The van der Waals surface area contributed by atoms with Gasteiger partial charge in [0.25, 0.3) is 0 Å². The summed E-state index contributed by atoms with van der Waals surface area (Å²) in [6, 6.07) is 3.76. The fourth-order valence-corrected chi connectivity index (χ4v) is 11.6. The standard InChI is InChI=1S/C48H66N12O8S2/c1-23(66-10)20-51-43-53-25(3)33(39(57-43)59-47(64)16-12-28(37(47)61)45(6,7)62)42-56-36-30(50-19-15-32(36)70-42)22-68-38-29(46(8,9)63)13-17-48(38,65)60-40-34(26(4)54-44(58-40)52-21-24(2)67-11)41-55-35-27(5)49-18-14-31(35)69-41/h14-15,18-19,23-24,28-29,37-38,61-65H,12-13,16-17,20-22H2,1-11H3,(H2,51,53,57,59)(H2,52,54,58,60). The molecular formula is C48H66N12O8S2. The average Bonchev–Trinajstić information content (AvgIpc) is 4.07. The van der Waals surface area contributed by atoms with Crippen LogP contribution in [0.3, 0.4) is 0 Å². The molecule has 6 aromatic rings. The van der Waals surface area contributed by atoms with Crippen molar-refractivity contribution in [2.24, 2.45) is 11.8 Å². The van der Waals surface area contributed by atoms with Crippen LogP contribution in [0.5, 0.6) is 0 Å². The molecule has 8 atom stereocenters. The highest BCUT2D eigenvalue weighted by atomic mass is 32.1. The molecule has 2 aliphatic carbocycles. The van der Waals surface area contributed by atoms with Crippen molar-refractivity contribution in [3.05, 3.63) is 47.3 Å². The summed E-state index contributed by atoms with van der Waals surface area (Å²) >= 11 is 2.84. The predicted molar refractivity (Wildman–Crippen MR) is 271 cm³/mol. The molecule has 6 heterocycles. The molecule has 2 aliphatic rings. The number of aliphatic hydroxyl groups is 5. The highest BCUT2D eigenvalue weighted by Gasteiger charge is 2.54. The molecule has 378 valence electrons. The largest absolute Gasteiger partial charge is 0.390 e. The number of pyridine rings is 2. The van der Waals surface area contributed by atoms with E-state index in [0.717, 1.165) is 20.6 Å². The van der Waals surface area contributed by atoms with Crippen molar-refractivity contribution in [2.45, 2.75) is 142 Å². The Hall–Kier alpha value is -4.88. The monoisotopic (exact) mass is 1000 g/mol. The molecule has 0 spiro atoms. The second-order valence-electron chi connectivity index (χ2n) is 19.8. The summed E-state index contributed by atoms with van der Waals surface area (Å²) in [5.74, 6) is 0.0533. The summed E-state index contributed by atoms with van der Waals surface area (Å²) in [5.41, 5.74) is -1.22. The Balaban J connectivity index is 1.14. The Kier molecular flexibility index (Phi) is 14.7. The Morgan fingerprint density at radius 1 is 0.686 bits per heavy atom. The van der Waals surface area contributed by atoms with E-state index in [1.807, 2.05) is 46.8 Å². The molecule has 0 aromatic carbocycles. The lowest BCUT2D eigenvalue weighted by molar-refractivity contribution is -0.131. The molecule has 0 amide bonds. The molecule has 0 radical (unpaired) electrons. The van der Waals surface area contributed by atoms with Gasteiger partial charge in [0.2, 0.25) is 11.9 Å². The summed E-state index contributed by atoms with van der Waals surface area (Å²) < 4.78 is 19.4. The van der Waals surface area contributed by atoms with E-state index < -0.39 is 46.7 Å². The van der Waals surface area contributed by atoms with E-state index in [1.54, 1.807) is 54.3 Å². The molecular weight excluding hydrogens is 937 g/mol. The quantitative estimate of drug-likeness (QED) is 0.0425. The molecule has 8 unspecified atom stereocenters. The minimum absolute atomic E-state index is 0.0886. The van der Waals surface area contributed by atoms with E-state index in [0.29, 0.717) is 81.4 Å². The van der Waals surface area contributed by atoms with E-state index in [2.05, 4.69) is 26.3 Å². The van der Waals surface area contributed by atoms with Gasteiger partial charge in [0, 0.05) is 51.5 Å². The first-order chi connectivity index (χ1) is 33.0. The summed E-state index contributed by atoms with van der Waals surface area (Å²) in [6.07, 6.45) is 2.00. The number of hydrogen-bond donors (Lipinski definition) is 9. The molecule has 22 heteroatoms. The van der Waals surface area contributed by atoms with Crippen LogP contribution in [0.15, 0.2) is 24.5 Å². The van der Waals surface area contributed by atoms with Crippen molar-refractivity contribution in [1.29, 1.82) is 0 Å². The first-order valence-corrected chi connectivity index (χ1v) is 25.2. The zero-order valence-corrected chi connectivity index (χ0v) is 43.2. The van der Waals surface area contributed by atoms with Crippen LogP contribution in [0.25, 0.3) is 41.6 Å². The highest BCUT2D eigenvalue weighted by Crippen LogP contribution is 2.47. The minimum Gasteiger partial charge on any atom is -0.390 e. The van der Waals surface area contributed by atoms with E-state index in [-0.39, 0.29) is 43.4 Å². The molecule has 8 rings (SSSR count). The van der Waals surface area contributed by atoms with Crippen LogP contribution in [0, 0.1) is 32.6 Å². The van der Waals surface area contributed by atoms with Crippen LogP contribution in [0.2, 0.25) is 0 Å². The second kappa shape index (κ2) is 20.0. The van der Waals surface area contributed by atoms with Gasteiger partial charge in [-0.05, 0) is 100 Å². The fraction of sp³-hybridized carbons (Fsp3) is 0.583. The Labute approximate surface area is 415 Å². The van der Waals surface area contributed by atoms with Gasteiger partial charge in [-0.25, -0.2) is 19.9 Å². The van der Waals surface area contributed by atoms with E-state index in [9.17, 15) is 25.5 Å². The van der Waals surface area contributed by atoms with Crippen LogP contribution < -0.4 is 21.3 Å². The number of aryl methyl sites for hydroxylation is 3. The lowest BCUT2D eigenvalue weighted by Crippen LogP contribution is -2.52. The van der Waals surface area contributed by atoms with E-state index in [1.165, 1.54) is 22.7 Å². The average molecular weight is 1000 g/mol. The van der Waals surface area contributed by atoms with Crippen molar-refractivity contribution in [3.8, 4) is 21.1 Å². The molecule has 0 bridgehead atoms. The van der Waals surface area contributed by atoms with Gasteiger partial charge in [-0.3, -0.25) is 9.97 Å². The van der Waals surface area contributed by atoms with Crippen LogP contribution in [0.1, 0.15) is 90.0 Å². The Morgan fingerprint density at radius 3 is 1.69 bits per heavy atom. The van der Waals surface area contributed by atoms with Crippen molar-refractivity contribution < 1.29 is 39.7 Å². The van der Waals surface area contributed by atoms with Crippen molar-refractivity contribution >= 4 is 66.6 Å². The number of methoxy groups -OCH3 is 2. The second-order valence-corrected chi connectivity index (χ2v) is 21.9. The van der Waals surface area contributed by atoms with E-state index in [4.69, 9.17) is 49.1 Å². The number of aliphatic hydroxyl groups excluding tert-OH is 1. The van der Waals surface area contributed by atoms with Gasteiger partial charge in [0.1, 0.15) is 44.9 Å². The van der Waals surface area contributed by atoms with Crippen LogP contribution in [-0.4, -0.2) is 140 Å². The molecule has 2 saturated carbocycles. The lowest BCUT2D eigenvalue weighted by Gasteiger charge is -2.38. The minimum atomic E-state index is -1.82. The van der Waals surface area contributed by atoms with Crippen molar-refractivity contribution in [3.63, 3.8) is 0 Å².